The Morgan fingerprint density at radius 1 is 1.44 bits per heavy atom. The zero-order valence-corrected chi connectivity index (χ0v) is 12.9. The Morgan fingerprint density at radius 3 is 2.72 bits per heavy atom. The van der Waals surface area contributed by atoms with E-state index in [2.05, 4.69) is 26.1 Å². The zero-order chi connectivity index (χ0) is 13.5. The van der Waals surface area contributed by atoms with E-state index < -0.39 is 0 Å². The van der Waals surface area contributed by atoms with Gasteiger partial charge in [-0.15, -0.1) is 11.8 Å². The van der Waals surface area contributed by atoms with E-state index >= 15 is 0 Å². The number of carbonyl (C=O) groups is 1. The molecule has 0 amide bonds. The minimum atomic E-state index is -0.109. The Balaban J connectivity index is 2.51. The number of ether oxygens (including phenoxy) is 1. The highest BCUT2D eigenvalue weighted by atomic mass is 32.2. The van der Waals surface area contributed by atoms with E-state index in [0.717, 1.165) is 18.4 Å². The molecule has 0 aromatic carbocycles. The highest BCUT2D eigenvalue weighted by Gasteiger charge is 2.31. The summed E-state index contributed by atoms with van der Waals surface area (Å²) in [7, 11) is 1.46. The number of hydrogen-bond donors (Lipinski definition) is 1. The molecule has 18 heavy (non-hydrogen) atoms. The minimum Gasteiger partial charge on any atom is -0.468 e. The summed E-state index contributed by atoms with van der Waals surface area (Å²) in [5.41, 5.74) is 0. The molecule has 0 heterocycles. The van der Waals surface area contributed by atoms with Gasteiger partial charge in [0.2, 0.25) is 0 Å². The minimum absolute atomic E-state index is 0.109. The van der Waals surface area contributed by atoms with Crippen molar-refractivity contribution < 1.29 is 9.53 Å². The van der Waals surface area contributed by atoms with Gasteiger partial charge in [-0.1, -0.05) is 20.8 Å². The highest BCUT2D eigenvalue weighted by Crippen LogP contribution is 2.36. The second kappa shape index (κ2) is 8.05. The third kappa shape index (κ3) is 4.81. The van der Waals surface area contributed by atoms with E-state index in [1.54, 1.807) is 11.8 Å². The fourth-order valence-corrected chi connectivity index (χ4v) is 4.00. The molecule has 1 rings (SSSR count). The van der Waals surface area contributed by atoms with Gasteiger partial charge >= 0.3 is 5.97 Å². The lowest BCUT2D eigenvalue weighted by Crippen LogP contribution is -2.43. The van der Waals surface area contributed by atoms with Gasteiger partial charge in [0, 0.05) is 11.3 Å². The molecule has 3 atom stereocenters. The Kier molecular flexibility index (Phi) is 7.08. The summed E-state index contributed by atoms with van der Waals surface area (Å²) < 4.78 is 4.73. The van der Waals surface area contributed by atoms with Gasteiger partial charge in [-0.2, -0.15) is 0 Å². The molecule has 1 aliphatic carbocycles. The van der Waals surface area contributed by atoms with Crippen LogP contribution < -0.4 is 5.32 Å². The molecular formula is C14H27NO2S. The van der Waals surface area contributed by atoms with Crippen LogP contribution in [-0.4, -0.2) is 36.7 Å². The van der Waals surface area contributed by atoms with Crippen molar-refractivity contribution in [2.24, 2.45) is 11.8 Å². The molecule has 0 bridgehead atoms. The third-order valence-electron chi connectivity index (χ3n) is 3.88. The summed E-state index contributed by atoms with van der Waals surface area (Å²) in [6.45, 7) is 7.77. The topological polar surface area (TPSA) is 38.3 Å². The van der Waals surface area contributed by atoms with E-state index in [9.17, 15) is 4.79 Å². The second-order valence-corrected chi connectivity index (χ2v) is 6.63. The van der Waals surface area contributed by atoms with Crippen molar-refractivity contribution in [3.05, 3.63) is 0 Å². The summed E-state index contributed by atoms with van der Waals surface area (Å²) >= 11 is 1.76. The van der Waals surface area contributed by atoms with Crippen molar-refractivity contribution in [2.45, 2.75) is 51.3 Å². The summed E-state index contributed by atoms with van der Waals surface area (Å²) in [4.78, 5) is 11.3. The van der Waals surface area contributed by atoms with Crippen LogP contribution in [0.25, 0.3) is 0 Å². The van der Waals surface area contributed by atoms with Crippen LogP contribution in [0.1, 0.15) is 40.0 Å². The number of hydrogen-bond acceptors (Lipinski definition) is 4. The monoisotopic (exact) mass is 273 g/mol. The lowest BCUT2D eigenvalue weighted by Gasteiger charge is -2.37. The molecule has 4 heteroatoms. The average Bonchev–Trinajstić information content (AvgIpc) is 2.37. The molecule has 3 nitrogen and oxygen atoms in total. The molecule has 3 unspecified atom stereocenters. The Labute approximate surface area is 115 Å². The molecular weight excluding hydrogens is 246 g/mol. The van der Waals surface area contributed by atoms with Crippen LogP contribution in [0.3, 0.4) is 0 Å². The molecule has 0 saturated heterocycles. The molecule has 0 radical (unpaired) electrons. The van der Waals surface area contributed by atoms with Gasteiger partial charge in [-0.05, 0) is 37.6 Å². The maximum Gasteiger partial charge on any atom is 0.315 e. The largest absolute Gasteiger partial charge is 0.468 e. The smallest absolute Gasteiger partial charge is 0.315 e. The van der Waals surface area contributed by atoms with E-state index in [4.69, 9.17) is 4.74 Å². The summed E-state index contributed by atoms with van der Waals surface area (Å²) in [5.74, 6) is 1.92. The van der Waals surface area contributed by atoms with Crippen LogP contribution in [-0.2, 0) is 9.53 Å². The van der Waals surface area contributed by atoms with Crippen molar-refractivity contribution in [2.75, 3.05) is 19.4 Å². The Hall–Kier alpha value is -0.220. The first-order valence-corrected chi connectivity index (χ1v) is 8.05. The maximum atomic E-state index is 11.3. The van der Waals surface area contributed by atoms with E-state index in [1.165, 1.54) is 26.4 Å². The Bertz CT molecular complexity index is 258. The molecule has 1 N–H and O–H groups in total. The zero-order valence-electron chi connectivity index (χ0n) is 12.1. The number of thioether (sulfide) groups is 1. The fourth-order valence-electron chi connectivity index (χ4n) is 2.68. The Morgan fingerprint density at radius 2 is 2.17 bits per heavy atom. The third-order valence-corrected chi connectivity index (χ3v) is 5.24. The lowest BCUT2D eigenvalue weighted by molar-refractivity contribution is -0.137. The van der Waals surface area contributed by atoms with Crippen molar-refractivity contribution in [1.82, 2.24) is 5.32 Å². The number of rotatable bonds is 6. The second-order valence-electron chi connectivity index (χ2n) is 5.41. The normalized spacial score (nSPS) is 28.4. The predicted octanol–water partition coefficient (Wildman–Crippen LogP) is 2.70. The van der Waals surface area contributed by atoms with Gasteiger partial charge in [0.1, 0.15) is 0 Å². The molecule has 1 aliphatic rings. The highest BCUT2D eigenvalue weighted by molar-refractivity contribution is 8.00. The number of nitrogens with one attached hydrogen (secondary N) is 1. The van der Waals surface area contributed by atoms with Crippen LogP contribution in [0.15, 0.2) is 0 Å². The average molecular weight is 273 g/mol. The van der Waals surface area contributed by atoms with E-state index in [-0.39, 0.29) is 5.97 Å². The summed E-state index contributed by atoms with van der Waals surface area (Å²) in [5, 5.41) is 4.11. The standard InChI is InChI=1S/C14H27NO2S/c1-5-15-12-7-6-11(10(2)3)8-13(12)18-9-14(16)17-4/h10-13,15H,5-9H2,1-4H3. The molecule has 106 valence electrons. The summed E-state index contributed by atoms with van der Waals surface area (Å²) in [6, 6.07) is 0.555. The SMILES string of the molecule is CCNC1CCC(C(C)C)CC1SCC(=O)OC. The number of carbonyl (C=O) groups excluding carboxylic acids is 1. The molecule has 0 spiro atoms. The first-order chi connectivity index (χ1) is 8.58. The van der Waals surface area contributed by atoms with Gasteiger partial charge in [0.05, 0.1) is 12.9 Å². The fraction of sp³-hybridized carbons (Fsp3) is 0.929. The predicted molar refractivity (Wildman–Crippen MR) is 77.9 cm³/mol. The molecule has 0 aromatic heterocycles. The molecule has 0 aromatic rings. The van der Waals surface area contributed by atoms with E-state index in [1.807, 2.05) is 0 Å². The van der Waals surface area contributed by atoms with Gasteiger partial charge < -0.3 is 10.1 Å². The van der Waals surface area contributed by atoms with Crippen LogP contribution in [0.5, 0.6) is 0 Å². The quantitative estimate of drug-likeness (QED) is 0.755. The van der Waals surface area contributed by atoms with Crippen molar-refractivity contribution in [1.29, 1.82) is 0 Å². The molecule has 1 saturated carbocycles. The number of esters is 1. The lowest BCUT2D eigenvalue weighted by atomic mass is 9.79. The van der Waals surface area contributed by atoms with Crippen molar-refractivity contribution in [3.63, 3.8) is 0 Å². The number of methoxy groups -OCH3 is 1. The first-order valence-electron chi connectivity index (χ1n) is 7.00. The van der Waals surface area contributed by atoms with Crippen LogP contribution >= 0.6 is 11.8 Å². The van der Waals surface area contributed by atoms with Crippen molar-refractivity contribution in [3.8, 4) is 0 Å². The molecule has 0 aliphatic heterocycles. The van der Waals surface area contributed by atoms with Crippen LogP contribution in [0.2, 0.25) is 0 Å². The van der Waals surface area contributed by atoms with Gasteiger partial charge in [0.25, 0.3) is 0 Å². The van der Waals surface area contributed by atoms with Crippen LogP contribution in [0, 0.1) is 11.8 Å². The van der Waals surface area contributed by atoms with Crippen molar-refractivity contribution >= 4 is 17.7 Å². The van der Waals surface area contributed by atoms with Gasteiger partial charge in [0.15, 0.2) is 0 Å². The maximum absolute atomic E-state index is 11.3. The van der Waals surface area contributed by atoms with Gasteiger partial charge in [-0.3, -0.25) is 4.79 Å². The first kappa shape index (κ1) is 15.8. The summed E-state index contributed by atoms with van der Waals surface area (Å²) in [6.07, 6.45) is 3.76. The van der Waals surface area contributed by atoms with Gasteiger partial charge in [-0.25, -0.2) is 0 Å². The van der Waals surface area contributed by atoms with Crippen LogP contribution in [0.4, 0.5) is 0 Å². The van der Waals surface area contributed by atoms with E-state index in [0.29, 0.717) is 17.0 Å². The molecule has 1 fully saturated rings.